The number of carbonyl (C=O) groups is 1. The lowest BCUT2D eigenvalue weighted by Crippen LogP contribution is -2.37. The second-order valence-corrected chi connectivity index (χ2v) is 4.64. The van der Waals surface area contributed by atoms with E-state index in [0.717, 1.165) is 12.0 Å². The highest BCUT2D eigenvalue weighted by atomic mass is 16.3. The first-order chi connectivity index (χ1) is 8.61. The van der Waals surface area contributed by atoms with E-state index in [1.165, 1.54) is 6.08 Å². The highest BCUT2D eigenvalue weighted by Gasteiger charge is 2.10. The van der Waals surface area contributed by atoms with Crippen LogP contribution in [-0.4, -0.2) is 28.6 Å². The number of amides is 1. The molecule has 18 heavy (non-hydrogen) atoms. The minimum atomic E-state index is -0.196. The summed E-state index contributed by atoms with van der Waals surface area (Å²) in [4.78, 5) is 15.6. The number of nitrogens with one attached hydrogen (secondary N) is 1. The fourth-order valence-corrected chi connectivity index (χ4v) is 1.64. The molecule has 0 fully saturated rings. The summed E-state index contributed by atoms with van der Waals surface area (Å²) in [7, 11) is 0. The third-order valence-corrected chi connectivity index (χ3v) is 2.43. The largest absolute Gasteiger partial charge is 0.394 e. The number of aromatic nitrogens is 1. The number of carbonyl (C=O) groups excluding carboxylic acids is 1. The minimum absolute atomic E-state index is 0.0371. The number of aliphatic hydroxyl groups is 1. The van der Waals surface area contributed by atoms with E-state index < -0.39 is 0 Å². The van der Waals surface area contributed by atoms with Crippen LogP contribution < -0.4 is 5.32 Å². The van der Waals surface area contributed by atoms with E-state index in [0.29, 0.717) is 5.92 Å². The van der Waals surface area contributed by atoms with E-state index in [4.69, 9.17) is 5.11 Å². The third-order valence-electron chi connectivity index (χ3n) is 2.43. The second kappa shape index (κ2) is 7.61. The topological polar surface area (TPSA) is 62.2 Å². The van der Waals surface area contributed by atoms with Gasteiger partial charge in [0, 0.05) is 18.5 Å². The summed E-state index contributed by atoms with van der Waals surface area (Å²) in [5.41, 5.74) is 0.872. The fraction of sp³-hybridized carbons (Fsp3) is 0.429. The lowest BCUT2D eigenvalue weighted by atomic mass is 10.0. The molecule has 1 aromatic rings. The van der Waals surface area contributed by atoms with Crippen LogP contribution in [0, 0.1) is 5.92 Å². The highest BCUT2D eigenvalue weighted by Crippen LogP contribution is 2.04. The maximum absolute atomic E-state index is 11.6. The number of hydrogen-bond donors (Lipinski definition) is 2. The molecule has 1 atom stereocenters. The van der Waals surface area contributed by atoms with Gasteiger partial charge in [-0.1, -0.05) is 19.9 Å². The van der Waals surface area contributed by atoms with Crippen LogP contribution in [0.1, 0.15) is 25.8 Å². The molecule has 0 aliphatic heterocycles. The summed E-state index contributed by atoms with van der Waals surface area (Å²) in [6, 6.07) is 3.50. The lowest BCUT2D eigenvalue weighted by Gasteiger charge is -2.17. The van der Waals surface area contributed by atoms with Crippen LogP contribution in [0.3, 0.4) is 0 Å². The molecule has 0 bridgehead atoms. The third kappa shape index (κ3) is 5.59. The van der Waals surface area contributed by atoms with Gasteiger partial charge in [-0.2, -0.15) is 0 Å². The van der Waals surface area contributed by atoms with Crippen molar-refractivity contribution in [3.05, 3.63) is 36.2 Å². The van der Waals surface area contributed by atoms with Gasteiger partial charge in [-0.15, -0.1) is 0 Å². The van der Waals surface area contributed by atoms with Crippen LogP contribution in [0.5, 0.6) is 0 Å². The van der Waals surface area contributed by atoms with Crippen molar-refractivity contribution in [2.24, 2.45) is 5.92 Å². The highest BCUT2D eigenvalue weighted by molar-refractivity contribution is 5.91. The van der Waals surface area contributed by atoms with Crippen molar-refractivity contribution in [3.63, 3.8) is 0 Å². The van der Waals surface area contributed by atoms with E-state index in [1.807, 2.05) is 12.1 Å². The van der Waals surface area contributed by atoms with Crippen molar-refractivity contribution in [1.29, 1.82) is 0 Å². The molecule has 0 saturated heterocycles. The smallest absolute Gasteiger partial charge is 0.244 e. The summed E-state index contributed by atoms with van der Waals surface area (Å²) >= 11 is 0. The fourth-order valence-electron chi connectivity index (χ4n) is 1.64. The molecule has 98 valence electrons. The Morgan fingerprint density at radius 3 is 2.89 bits per heavy atom. The van der Waals surface area contributed by atoms with Crippen molar-refractivity contribution in [1.82, 2.24) is 10.3 Å². The first-order valence-corrected chi connectivity index (χ1v) is 6.11. The average molecular weight is 248 g/mol. The molecular formula is C14H20N2O2. The first-order valence-electron chi connectivity index (χ1n) is 6.11. The van der Waals surface area contributed by atoms with Crippen LogP contribution in [0.25, 0.3) is 6.08 Å². The SMILES string of the molecule is CC(C)CC(CO)NC(=O)/C=C/c1cccnc1. The monoisotopic (exact) mass is 248 g/mol. The zero-order chi connectivity index (χ0) is 13.4. The van der Waals surface area contributed by atoms with Gasteiger partial charge in [0.15, 0.2) is 0 Å². The minimum Gasteiger partial charge on any atom is -0.394 e. The lowest BCUT2D eigenvalue weighted by molar-refractivity contribution is -0.117. The molecule has 0 radical (unpaired) electrons. The Bertz CT molecular complexity index is 388. The van der Waals surface area contributed by atoms with Gasteiger partial charge in [0.2, 0.25) is 5.91 Å². The molecule has 0 aliphatic carbocycles. The maximum atomic E-state index is 11.6. The zero-order valence-corrected chi connectivity index (χ0v) is 10.8. The first kappa shape index (κ1) is 14.4. The Morgan fingerprint density at radius 2 is 2.33 bits per heavy atom. The van der Waals surface area contributed by atoms with Gasteiger partial charge in [-0.3, -0.25) is 9.78 Å². The van der Waals surface area contributed by atoms with Crippen molar-refractivity contribution >= 4 is 12.0 Å². The van der Waals surface area contributed by atoms with Gasteiger partial charge in [-0.25, -0.2) is 0 Å². The predicted octanol–water partition coefficient (Wildman–Crippen LogP) is 1.62. The molecule has 1 rings (SSSR count). The Morgan fingerprint density at radius 1 is 1.56 bits per heavy atom. The van der Waals surface area contributed by atoms with E-state index in [2.05, 4.69) is 24.1 Å². The molecule has 4 nitrogen and oxygen atoms in total. The predicted molar refractivity (Wildman–Crippen MR) is 71.7 cm³/mol. The number of aliphatic hydroxyl groups excluding tert-OH is 1. The van der Waals surface area contributed by atoms with Crippen molar-refractivity contribution in [3.8, 4) is 0 Å². The average Bonchev–Trinajstić information content (AvgIpc) is 2.36. The number of nitrogens with zero attached hydrogens (tertiary/aromatic N) is 1. The molecule has 0 saturated carbocycles. The molecule has 0 spiro atoms. The zero-order valence-electron chi connectivity index (χ0n) is 10.8. The van der Waals surface area contributed by atoms with Crippen LogP contribution >= 0.6 is 0 Å². The van der Waals surface area contributed by atoms with Gasteiger partial charge >= 0.3 is 0 Å². The summed E-state index contributed by atoms with van der Waals surface area (Å²) in [6.45, 7) is 4.07. The van der Waals surface area contributed by atoms with Crippen LogP contribution in [0.2, 0.25) is 0 Å². The normalized spacial score (nSPS) is 12.9. The van der Waals surface area contributed by atoms with Gasteiger partial charge < -0.3 is 10.4 Å². The van der Waals surface area contributed by atoms with Crippen molar-refractivity contribution in [2.75, 3.05) is 6.61 Å². The Balaban J connectivity index is 2.48. The Hall–Kier alpha value is -1.68. The molecule has 1 unspecified atom stereocenters. The number of rotatable bonds is 6. The summed E-state index contributed by atoms with van der Waals surface area (Å²) in [5.74, 6) is 0.239. The Kier molecular flexibility index (Phi) is 6.08. The summed E-state index contributed by atoms with van der Waals surface area (Å²) in [6.07, 6.45) is 7.29. The van der Waals surface area contributed by atoms with Gasteiger partial charge in [0.25, 0.3) is 0 Å². The van der Waals surface area contributed by atoms with E-state index in [9.17, 15) is 4.79 Å². The van der Waals surface area contributed by atoms with Crippen molar-refractivity contribution < 1.29 is 9.90 Å². The number of pyridine rings is 1. The van der Waals surface area contributed by atoms with Crippen LogP contribution in [0.4, 0.5) is 0 Å². The van der Waals surface area contributed by atoms with E-state index >= 15 is 0 Å². The van der Waals surface area contributed by atoms with Crippen LogP contribution in [-0.2, 0) is 4.79 Å². The second-order valence-electron chi connectivity index (χ2n) is 4.64. The molecule has 0 aliphatic rings. The Labute approximate surface area is 108 Å². The molecule has 2 N–H and O–H groups in total. The molecule has 1 heterocycles. The van der Waals surface area contributed by atoms with Gasteiger partial charge in [0.1, 0.15) is 0 Å². The van der Waals surface area contributed by atoms with Crippen molar-refractivity contribution in [2.45, 2.75) is 26.3 Å². The quantitative estimate of drug-likeness (QED) is 0.752. The number of hydrogen-bond acceptors (Lipinski definition) is 3. The maximum Gasteiger partial charge on any atom is 0.244 e. The molecule has 4 heteroatoms. The molecule has 1 amide bonds. The standard InChI is InChI=1S/C14H20N2O2/c1-11(2)8-13(10-17)16-14(18)6-5-12-4-3-7-15-9-12/h3-7,9,11,13,17H,8,10H2,1-2H3,(H,16,18)/b6-5+. The van der Waals surface area contributed by atoms with Crippen LogP contribution in [0.15, 0.2) is 30.6 Å². The van der Waals surface area contributed by atoms with E-state index in [-0.39, 0.29) is 18.6 Å². The molecule has 1 aromatic heterocycles. The van der Waals surface area contributed by atoms with Gasteiger partial charge in [0.05, 0.1) is 12.6 Å². The summed E-state index contributed by atoms with van der Waals surface area (Å²) in [5, 5.41) is 11.9. The summed E-state index contributed by atoms with van der Waals surface area (Å²) < 4.78 is 0. The van der Waals surface area contributed by atoms with Gasteiger partial charge in [-0.05, 0) is 30.0 Å². The molecule has 0 aromatic carbocycles. The molecular weight excluding hydrogens is 228 g/mol. The van der Waals surface area contributed by atoms with E-state index in [1.54, 1.807) is 18.5 Å².